The molecule has 1 heterocycles. The van der Waals surface area contributed by atoms with Crippen LogP contribution in [0.2, 0.25) is 10.0 Å². The molecular weight excluding hydrogens is 357 g/mol. The fourth-order valence-corrected chi connectivity index (χ4v) is 3.10. The predicted octanol–water partition coefficient (Wildman–Crippen LogP) is 5.49. The number of ether oxygens (including phenoxy) is 1. The lowest BCUT2D eigenvalue weighted by Gasteiger charge is -2.03. The summed E-state index contributed by atoms with van der Waals surface area (Å²) >= 11 is 12.2. The summed E-state index contributed by atoms with van der Waals surface area (Å²) in [6, 6.07) is 18.9. The first-order valence-corrected chi connectivity index (χ1v) is 8.34. The van der Waals surface area contributed by atoms with E-state index in [9.17, 15) is 4.79 Å². The molecule has 5 heteroatoms. The van der Waals surface area contributed by atoms with Gasteiger partial charge in [0.2, 0.25) is 5.90 Å². The van der Waals surface area contributed by atoms with Gasteiger partial charge in [0.1, 0.15) is 0 Å². The number of nitrogens with zero attached hydrogens (tertiary/aromatic N) is 1. The van der Waals surface area contributed by atoms with Crippen LogP contribution in [0.4, 0.5) is 0 Å². The van der Waals surface area contributed by atoms with Gasteiger partial charge in [0.05, 0.1) is 15.6 Å². The van der Waals surface area contributed by atoms with E-state index in [1.165, 1.54) is 0 Å². The van der Waals surface area contributed by atoms with Gasteiger partial charge in [0.25, 0.3) is 0 Å². The molecule has 25 heavy (non-hydrogen) atoms. The first-order valence-electron chi connectivity index (χ1n) is 7.58. The van der Waals surface area contributed by atoms with E-state index in [0.717, 1.165) is 16.3 Å². The molecule has 0 radical (unpaired) electrons. The summed E-state index contributed by atoms with van der Waals surface area (Å²) in [4.78, 5) is 16.5. The Kier molecular flexibility index (Phi) is 4.04. The molecule has 0 N–H and O–H groups in total. The Labute approximate surface area is 154 Å². The third-order valence-corrected chi connectivity index (χ3v) is 4.74. The molecular formula is C20H11Cl2NO2. The quantitative estimate of drug-likeness (QED) is 0.443. The van der Waals surface area contributed by atoms with Crippen LogP contribution in [0, 0.1) is 0 Å². The number of benzene rings is 3. The van der Waals surface area contributed by atoms with Crippen LogP contribution >= 0.6 is 23.2 Å². The summed E-state index contributed by atoms with van der Waals surface area (Å²) in [6.45, 7) is 0. The van der Waals surface area contributed by atoms with Crippen LogP contribution < -0.4 is 0 Å². The average Bonchev–Trinajstić information content (AvgIpc) is 2.98. The topological polar surface area (TPSA) is 38.7 Å². The molecule has 0 saturated carbocycles. The van der Waals surface area contributed by atoms with Crippen molar-refractivity contribution in [1.82, 2.24) is 0 Å². The molecule has 0 unspecified atom stereocenters. The van der Waals surface area contributed by atoms with Crippen LogP contribution in [0.3, 0.4) is 0 Å². The molecule has 0 atom stereocenters. The number of halogens is 2. The number of carbonyl (C=O) groups is 1. The van der Waals surface area contributed by atoms with Gasteiger partial charge in [-0.25, -0.2) is 9.79 Å². The Morgan fingerprint density at radius 1 is 0.920 bits per heavy atom. The lowest BCUT2D eigenvalue weighted by molar-refractivity contribution is -0.129. The zero-order valence-electron chi connectivity index (χ0n) is 12.9. The molecule has 122 valence electrons. The largest absolute Gasteiger partial charge is 0.402 e. The Hall–Kier alpha value is -2.62. The summed E-state index contributed by atoms with van der Waals surface area (Å²) in [5, 5.41) is 2.81. The van der Waals surface area contributed by atoms with Gasteiger partial charge in [-0.2, -0.15) is 0 Å². The summed E-state index contributed by atoms with van der Waals surface area (Å²) in [5.74, 6) is -0.358. The van der Waals surface area contributed by atoms with Crippen LogP contribution in [0.25, 0.3) is 16.8 Å². The lowest BCUT2D eigenvalue weighted by Crippen LogP contribution is -2.06. The first-order chi connectivity index (χ1) is 12.1. The second-order valence-electron chi connectivity index (χ2n) is 5.51. The highest BCUT2D eigenvalue weighted by molar-refractivity contribution is 6.44. The van der Waals surface area contributed by atoms with Crippen LogP contribution in [0.15, 0.2) is 71.4 Å². The van der Waals surface area contributed by atoms with Gasteiger partial charge in [-0.3, -0.25) is 0 Å². The van der Waals surface area contributed by atoms with Gasteiger partial charge in [0.15, 0.2) is 5.70 Å². The first kappa shape index (κ1) is 15.9. The summed E-state index contributed by atoms with van der Waals surface area (Å²) < 4.78 is 5.28. The van der Waals surface area contributed by atoms with Gasteiger partial charge in [-0.05, 0) is 34.5 Å². The minimum Gasteiger partial charge on any atom is -0.402 e. The maximum Gasteiger partial charge on any atom is 0.363 e. The molecule has 0 bridgehead atoms. The highest BCUT2D eigenvalue weighted by atomic mass is 35.5. The number of cyclic esters (lactones) is 1. The predicted molar refractivity (Wildman–Crippen MR) is 101 cm³/mol. The number of esters is 1. The minimum atomic E-state index is -0.515. The van der Waals surface area contributed by atoms with Crippen LogP contribution in [-0.2, 0) is 9.53 Å². The molecule has 0 amide bonds. The second kappa shape index (κ2) is 6.36. The monoisotopic (exact) mass is 367 g/mol. The Morgan fingerprint density at radius 2 is 1.68 bits per heavy atom. The van der Waals surface area contributed by atoms with Crippen LogP contribution in [0.1, 0.15) is 11.1 Å². The molecule has 0 aromatic heterocycles. The molecule has 0 saturated heterocycles. The molecule has 3 aromatic rings. The summed E-state index contributed by atoms with van der Waals surface area (Å²) in [6.07, 6.45) is 1.72. The normalized spacial score (nSPS) is 15.5. The van der Waals surface area contributed by atoms with Crippen molar-refractivity contribution in [2.75, 3.05) is 0 Å². The van der Waals surface area contributed by atoms with Crippen molar-refractivity contribution >= 4 is 51.9 Å². The van der Waals surface area contributed by atoms with Crippen LogP contribution in [0.5, 0.6) is 0 Å². The number of hydrogen-bond acceptors (Lipinski definition) is 3. The fraction of sp³-hybridized carbons (Fsp3) is 0. The van der Waals surface area contributed by atoms with Gasteiger partial charge in [-0.1, -0.05) is 71.7 Å². The van der Waals surface area contributed by atoms with Crippen molar-refractivity contribution in [3.63, 3.8) is 0 Å². The van der Waals surface area contributed by atoms with E-state index in [2.05, 4.69) is 4.99 Å². The summed E-state index contributed by atoms with van der Waals surface area (Å²) in [7, 11) is 0. The highest BCUT2D eigenvalue weighted by Gasteiger charge is 2.26. The van der Waals surface area contributed by atoms with Crippen molar-refractivity contribution in [1.29, 1.82) is 0 Å². The molecule has 0 aliphatic carbocycles. The van der Waals surface area contributed by atoms with E-state index >= 15 is 0 Å². The number of hydrogen-bond donors (Lipinski definition) is 0. The van der Waals surface area contributed by atoms with Crippen molar-refractivity contribution < 1.29 is 9.53 Å². The zero-order valence-corrected chi connectivity index (χ0v) is 14.4. The number of rotatable bonds is 2. The smallest absolute Gasteiger partial charge is 0.363 e. The zero-order chi connectivity index (χ0) is 17.4. The van der Waals surface area contributed by atoms with E-state index in [-0.39, 0.29) is 11.6 Å². The minimum absolute atomic E-state index is 0.156. The second-order valence-corrected chi connectivity index (χ2v) is 6.29. The average molecular weight is 368 g/mol. The molecule has 1 aliphatic heterocycles. The summed E-state index contributed by atoms with van der Waals surface area (Å²) in [5.41, 5.74) is 1.61. The molecule has 3 aromatic carbocycles. The Bertz CT molecular complexity index is 1060. The fourth-order valence-electron chi connectivity index (χ4n) is 2.72. The molecule has 4 rings (SSSR count). The van der Waals surface area contributed by atoms with Crippen molar-refractivity contribution in [2.45, 2.75) is 0 Å². The third-order valence-electron chi connectivity index (χ3n) is 3.92. The molecule has 0 fully saturated rings. The Balaban J connectivity index is 1.80. The van der Waals surface area contributed by atoms with Crippen molar-refractivity contribution in [3.05, 3.63) is 87.5 Å². The molecule has 1 aliphatic rings. The van der Waals surface area contributed by atoms with Crippen molar-refractivity contribution in [3.8, 4) is 0 Å². The van der Waals surface area contributed by atoms with E-state index in [0.29, 0.717) is 15.6 Å². The number of carbonyl (C=O) groups excluding carboxylic acids is 1. The maximum absolute atomic E-state index is 12.2. The standard InChI is InChI=1S/C20H11Cl2NO2/c21-16-10-4-9-15(18(16)22)19-23-17(20(24)25-19)11-13-7-3-6-12-5-1-2-8-14(12)13/h1-11H. The van der Waals surface area contributed by atoms with Crippen molar-refractivity contribution in [2.24, 2.45) is 4.99 Å². The Morgan fingerprint density at radius 3 is 2.56 bits per heavy atom. The van der Waals surface area contributed by atoms with E-state index < -0.39 is 5.97 Å². The third kappa shape index (κ3) is 2.93. The van der Waals surface area contributed by atoms with E-state index in [4.69, 9.17) is 27.9 Å². The van der Waals surface area contributed by atoms with Gasteiger partial charge >= 0.3 is 5.97 Å². The maximum atomic E-state index is 12.2. The lowest BCUT2D eigenvalue weighted by atomic mass is 10.0. The molecule has 0 spiro atoms. The highest BCUT2D eigenvalue weighted by Crippen LogP contribution is 2.30. The van der Waals surface area contributed by atoms with E-state index in [1.807, 2.05) is 42.5 Å². The van der Waals surface area contributed by atoms with E-state index in [1.54, 1.807) is 24.3 Å². The SMILES string of the molecule is O=C1OC(c2cccc(Cl)c2Cl)=NC1=Cc1cccc2ccccc12. The number of fused-ring (bicyclic) bond motifs is 1. The van der Waals surface area contributed by atoms with Crippen LogP contribution in [-0.4, -0.2) is 11.9 Å². The van der Waals surface area contributed by atoms with Gasteiger partial charge < -0.3 is 4.74 Å². The van der Waals surface area contributed by atoms with Gasteiger partial charge in [0, 0.05) is 0 Å². The number of aliphatic imine (C=N–C) groups is 1. The van der Waals surface area contributed by atoms with Gasteiger partial charge in [-0.15, -0.1) is 0 Å². The molecule has 3 nitrogen and oxygen atoms in total.